The summed E-state index contributed by atoms with van der Waals surface area (Å²) >= 11 is 16.7. The third-order valence-electron chi connectivity index (χ3n) is 3.36. The maximum atomic E-state index is 12.0. The van der Waals surface area contributed by atoms with Crippen LogP contribution in [0.1, 0.15) is 26.5 Å². The van der Waals surface area contributed by atoms with Crippen molar-refractivity contribution in [3.8, 4) is 5.69 Å². The molecular formula is C16H17Cl3N4O4. The van der Waals surface area contributed by atoms with Gasteiger partial charge in [-0.2, -0.15) is 5.10 Å². The lowest BCUT2D eigenvalue weighted by Gasteiger charge is -2.14. The van der Waals surface area contributed by atoms with Gasteiger partial charge in [0.25, 0.3) is 5.69 Å². The zero-order valence-corrected chi connectivity index (χ0v) is 17.0. The van der Waals surface area contributed by atoms with Gasteiger partial charge in [-0.05, 0) is 6.07 Å². The van der Waals surface area contributed by atoms with Crippen molar-refractivity contribution in [2.75, 3.05) is 11.9 Å². The summed E-state index contributed by atoms with van der Waals surface area (Å²) in [6.45, 7) is 5.38. The summed E-state index contributed by atoms with van der Waals surface area (Å²) in [6.07, 6.45) is -0.853. The number of rotatable bonds is 4. The number of benzene rings is 1. The highest BCUT2D eigenvalue weighted by atomic mass is 35.6. The SMILES string of the molecule is CC(C)(C)c1cc(NC(=O)OCC(Cl)(Cl)Cl)n(-c2cccc([N+](=O)[O-])c2)n1. The van der Waals surface area contributed by atoms with Gasteiger partial charge >= 0.3 is 6.09 Å². The van der Waals surface area contributed by atoms with Gasteiger partial charge in [0.1, 0.15) is 12.4 Å². The first kappa shape index (κ1) is 21.3. The number of non-ortho nitro benzene ring substituents is 1. The number of amides is 1. The molecule has 27 heavy (non-hydrogen) atoms. The van der Waals surface area contributed by atoms with Crippen molar-refractivity contribution in [3.05, 3.63) is 46.1 Å². The lowest BCUT2D eigenvalue weighted by atomic mass is 9.92. The molecule has 0 aliphatic heterocycles. The van der Waals surface area contributed by atoms with E-state index < -0.39 is 21.4 Å². The van der Waals surface area contributed by atoms with E-state index in [1.807, 2.05) is 20.8 Å². The number of carbonyl (C=O) groups is 1. The molecule has 146 valence electrons. The lowest BCUT2D eigenvalue weighted by Crippen LogP contribution is -2.22. The van der Waals surface area contributed by atoms with E-state index in [0.29, 0.717) is 11.4 Å². The van der Waals surface area contributed by atoms with Crippen molar-refractivity contribution >= 4 is 52.4 Å². The summed E-state index contributed by atoms with van der Waals surface area (Å²) in [5.41, 5.74) is 0.622. The second kappa shape index (κ2) is 7.92. The molecular weight excluding hydrogens is 419 g/mol. The minimum atomic E-state index is -1.74. The maximum absolute atomic E-state index is 12.0. The van der Waals surface area contributed by atoms with E-state index >= 15 is 0 Å². The third-order valence-corrected chi connectivity index (χ3v) is 3.69. The van der Waals surface area contributed by atoms with Crippen LogP contribution in [0, 0.1) is 10.1 Å². The van der Waals surface area contributed by atoms with Gasteiger partial charge in [0, 0.05) is 23.6 Å². The number of nitrogens with one attached hydrogen (secondary N) is 1. The number of nitro groups is 1. The first-order chi connectivity index (χ1) is 12.4. The van der Waals surface area contributed by atoms with Crippen LogP contribution in [0.2, 0.25) is 0 Å². The van der Waals surface area contributed by atoms with Crippen LogP contribution in [0.4, 0.5) is 16.3 Å². The van der Waals surface area contributed by atoms with Crippen LogP contribution < -0.4 is 5.32 Å². The first-order valence-electron chi connectivity index (χ1n) is 7.73. The molecule has 0 bridgehead atoms. The zero-order chi connectivity index (χ0) is 20.4. The van der Waals surface area contributed by atoms with Crippen LogP contribution in [-0.4, -0.2) is 31.2 Å². The third kappa shape index (κ3) is 5.98. The first-order valence-corrected chi connectivity index (χ1v) is 8.86. The van der Waals surface area contributed by atoms with Crippen molar-refractivity contribution in [1.82, 2.24) is 9.78 Å². The van der Waals surface area contributed by atoms with Gasteiger partial charge in [-0.1, -0.05) is 61.6 Å². The van der Waals surface area contributed by atoms with Gasteiger partial charge in [0.15, 0.2) is 0 Å². The van der Waals surface area contributed by atoms with Crippen molar-refractivity contribution in [1.29, 1.82) is 0 Å². The lowest BCUT2D eigenvalue weighted by molar-refractivity contribution is -0.384. The van der Waals surface area contributed by atoms with Gasteiger partial charge in [-0.3, -0.25) is 15.4 Å². The molecule has 0 spiro atoms. The van der Waals surface area contributed by atoms with Crippen LogP contribution in [0.25, 0.3) is 5.69 Å². The topological polar surface area (TPSA) is 99.3 Å². The van der Waals surface area contributed by atoms with E-state index in [9.17, 15) is 14.9 Å². The molecule has 0 unspecified atom stereocenters. The standard InChI is InChI=1S/C16H17Cl3N4O4/c1-15(2,3)12-8-13(20-14(24)27-9-16(17,18)19)22(21-12)10-5-4-6-11(7-10)23(25)26/h4-8H,9H2,1-3H3,(H,20,24). The fourth-order valence-corrected chi connectivity index (χ4v) is 2.22. The van der Waals surface area contributed by atoms with Crippen molar-refractivity contribution in [2.45, 2.75) is 30.0 Å². The number of nitro benzene ring substituents is 1. The fraction of sp³-hybridized carbons (Fsp3) is 0.375. The number of alkyl halides is 3. The molecule has 1 N–H and O–H groups in total. The maximum Gasteiger partial charge on any atom is 0.412 e. The molecule has 1 aromatic carbocycles. The summed E-state index contributed by atoms with van der Waals surface area (Å²) in [5.74, 6) is 0.259. The Labute approximate surface area is 170 Å². The molecule has 2 aromatic rings. The Bertz CT molecular complexity index is 856. The molecule has 0 aliphatic rings. The van der Waals surface area contributed by atoms with Crippen molar-refractivity contribution in [3.63, 3.8) is 0 Å². The van der Waals surface area contributed by atoms with Crippen LogP contribution in [-0.2, 0) is 10.2 Å². The van der Waals surface area contributed by atoms with E-state index in [2.05, 4.69) is 10.4 Å². The second-order valence-electron chi connectivity index (χ2n) is 6.67. The molecule has 0 aliphatic carbocycles. The van der Waals surface area contributed by atoms with Crippen LogP contribution in [0.3, 0.4) is 0 Å². The second-order valence-corrected chi connectivity index (χ2v) is 9.19. The van der Waals surface area contributed by atoms with Gasteiger partial charge in [-0.25, -0.2) is 9.48 Å². The Hall–Kier alpha value is -2.03. The molecule has 2 rings (SSSR count). The average molecular weight is 436 g/mol. The number of aromatic nitrogens is 2. The molecule has 0 radical (unpaired) electrons. The molecule has 1 heterocycles. The minimum Gasteiger partial charge on any atom is -0.445 e. The molecule has 0 fully saturated rings. The number of anilines is 1. The predicted octanol–water partition coefficient (Wildman–Crippen LogP) is 5.00. The monoisotopic (exact) mass is 434 g/mol. The summed E-state index contributed by atoms with van der Waals surface area (Å²) < 4.78 is 4.50. The predicted molar refractivity (Wildman–Crippen MR) is 104 cm³/mol. The summed E-state index contributed by atoms with van der Waals surface area (Å²) in [6, 6.07) is 7.51. The molecule has 0 saturated heterocycles. The van der Waals surface area contributed by atoms with Gasteiger partial charge in [0.2, 0.25) is 3.79 Å². The summed E-state index contributed by atoms with van der Waals surface area (Å²) in [7, 11) is 0. The average Bonchev–Trinajstić information content (AvgIpc) is 2.96. The van der Waals surface area contributed by atoms with Gasteiger partial charge < -0.3 is 4.74 Å². The Kier molecular flexibility index (Phi) is 6.24. The number of hydrogen-bond acceptors (Lipinski definition) is 5. The molecule has 0 saturated carbocycles. The van der Waals surface area contributed by atoms with E-state index in [0.717, 1.165) is 0 Å². The molecule has 1 aromatic heterocycles. The van der Waals surface area contributed by atoms with Crippen molar-refractivity contribution in [2.24, 2.45) is 0 Å². The highest BCUT2D eigenvalue weighted by Gasteiger charge is 2.25. The highest BCUT2D eigenvalue weighted by molar-refractivity contribution is 6.67. The smallest absolute Gasteiger partial charge is 0.412 e. The van der Waals surface area contributed by atoms with Gasteiger partial charge in [-0.15, -0.1) is 0 Å². The van der Waals surface area contributed by atoms with Crippen LogP contribution >= 0.6 is 34.8 Å². The Morgan fingerprint density at radius 3 is 2.52 bits per heavy atom. The van der Waals surface area contributed by atoms with Gasteiger partial charge in [0.05, 0.1) is 16.3 Å². The molecule has 0 atom stereocenters. The number of halogens is 3. The quantitative estimate of drug-likeness (QED) is 0.414. The van der Waals surface area contributed by atoms with E-state index in [4.69, 9.17) is 39.5 Å². The largest absolute Gasteiger partial charge is 0.445 e. The molecule has 11 heteroatoms. The van der Waals surface area contributed by atoms with Crippen molar-refractivity contribution < 1.29 is 14.5 Å². The Morgan fingerprint density at radius 1 is 1.30 bits per heavy atom. The fourth-order valence-electron chi connectivity index (χ4n) is 2.06. The van der Waals surface area contributed by atoms with E-state index in [1.54, 1.807) is 12.1 Å². The number of hydrogen-bond donors (Lipinski definition) is 1. The highest BCUT2D eigenvalue weighted by Crippen LogP contribution is 2.28. The number of ether oxygens (including phenoxy) is 1. The van der Waals surface area contributed by atoms with Crippen LogP contribution in [0.15, 0.2) is 30.3 Å². The summed E-state index contributed by atoms with van der Waals surface area (Å²) in [4.78, 5) is 22.5. The number of nitrogens with zero attached hydrogens (tertiary/aromatic N) is 3. The Balaban J connectivity index is 2.38. The zero-order valence-electron chi connectivity index (χ0n) is 14.7. The van der Waals surface area contributed by atoms with Crippen LogP contribution in [0.5, 0.6) is 0 Å². The molecule has 1 amide bonds. The summed E-state index contributed by atoms with van der Waals surface area (Å²) in [5, 5.41) is 18.0. The minimum absolute atomic E-state index is 0.106. The number of carbonyl (C=O) groups excluding carboxylic acids is 1. The normalized spacial score (nSPS) is 11.9. The van der Waals surface area contributed by atoms with E-state index in [-0.39, 0.29) is 16.9 Å². The molecule has 8 nitrogen and oxygen atoms in total. The Morgan fingerprint density at radius 2 is 1.96 bits per heavy atom. The van der Waals surface area contributed by atoms with E-state index in [1.165, 1.54) is 22.9 Å².